The second-order valence-corrected chi connectivity index (χ2v) is 10.7. The zero-order chi connectivity index (χ0) is 29.0. The van der Waals surface area contributed by atoms with Crippen molar-refractivity contribution in [2.24, 2.45) is 0 Å². The SMILES string of the molecule is CC/C=C/CCOc1ccc2c(OC/C=C(\C)CCC=C(C)C)c(OCCCCCCCCCC)c(=O)oc2c1. The van der Waals surface area contributed by atoms with Gasteiger partial charge in [-0.05, 0) is 71.1 Å². The third kappa shape index (κ3) is 12.9. The summed E-state index contributed by atoms with van der Waals surface area (Å²) >= 11 is 0. The maximum absolute atomic E-state index is 13.0. The summed E-state index contributed by atoms with van der Waals surface area (Å²) in [7, 11) is 0. The summed E-state index contributed by atoms with van der Waals surface area (Å²) in [5.41, 5.74) is 2.49. The van der Waals surface area contributed by atoms with E-state index in [1.165, 1.54) is 49.7 Å². The van der Waals surface area contributed by atoms with Gasteiger partial charge in [-0.3, -0.25) is 0 Å². The summed E-state index contributed by atoms with van der Waals surface area (Å²) in [6.45, 7) is 12.1. The summed E-state index contributed by atoms with van der Waals surface area (Å²) in [4.78, 5) is 13.0. The van der Waals surface area contributed by atoms with Gasteiger partial charge in [-0.15, -0.1) is 0 Å². The van der Waals surface area contributed by atoms with E-state index in [1.807, 2.05) is 12.1 Å². The summed E-state index contributed by atoms with van der Waals surface area (Å²) in [5, 5.41) is 0.708. The van der Waals surface area contributed by atoms with E-state index < -0.39 is 5.63 Å². The van der Waals surface area contributed by atoms with Crippen LogP contribution in [0, 0.1) is 0 Å². The smallest absolute Gasteiger partial charge is 0.383 e. The summed E-state index contributed by atoms with van der Waals surface area (Å²) < 4.78 is 23.8. The van der Waals surface area contributed by atoms with Crippen LogP contribution in [0.2, 0.25) is 0 Å². The van der Waals surface area contributed by atoms with E-state index in [0.29, 0.717) is 42.3 Å². The average molecular weight is 553 g/mol. The summed E-state index contributed by atoms with van der Waals surface area (Å²) in [6.07, 6.45) is 22.0. The Balaban J connectivity index is 2.12. The second-order valence-electron chi connectivity index (χ2n) is 10.7. The molecule has 40 heavy (non-hydrogen) atoms. The van der Waals surface area contributed by atoms with Gasteiger partial charge in [0.15, 0.2) is 5.75 Å². The minimum Gasteiger partial charge on any atom is -0.493 e. The zero-order valence-corrected chi connectivity index (χ0v) is 25.7. The topological polar surface area (TPSA) is 57.9 Å². The molecule has 2 aromatic rings. The van der Waals surface area contributed by atoms with Gasteiger partial charge in [0.1, 0.15) is 17.9 Å². The molecule has 0 atom stereocenters. The molecule has 0 spiro atoms. The van der Waals surface area contributed by atoms with Crippen LogP contribution in [0.4, 0.5) is 0 Å². The highest BCUT2D eigenvalue weighted by Crippen LogP contribution is 2.35. The quantitative estimate of drug-likeness (QED) is 0.0876. The first kappa shape index (κ1) is 33.3. The van der Waals surface area contributed by atoms with Gasteiger partial charge in [0.05, 0.1) is 18.6 Å². The van der Waals surface area contributed by atoms with Crippen molar-refractivity contribution >= 4 is 11.0 Å². The maximum Gasteiger partial charge on any atom is 0.383 e. The number of hydrogen-bond donors (Lipinski definition) is 0. The number of ether oxygens (including phenoxy) is 3. The Morgan fingerprint density at radius 3 is 2.27 bits per heavy atom. The van der Waals surface area contributed by atoms with Crippen LogP contribution in [0.3, 0.4) is 0 Å². The van der Waals surface area contributed by atoms with Crippen LogP contribution in [0.25, 0.3) is 11.0 Å². The van der Waals surface area contributed by atoms with Gasteiger partial charge in [0.2, 0.25) is 5.75 Å². The molecule has 0 bridgehead atoms. The van der Waals surface area contributed by atoms with Crippen LogP contribution in [-0.2, 0) is 0 Å². The van der Waals surface area contributed by atoms with Gasteiger partial charge in [0, 0.05) is 6.07 Å². The molecule has 5 nitrogen and oxygen atoms in total. The first-order chi connectivity index (χ1) is 19.5. The second kappa shape index (κ2) is 20.0. The van der Waals surface area contributed by atoms with E-state index in [0.717, 1.165) is 38.5 Å². The van der Waals surface area contributed by atoms with E-state index in [1.54, 1.807) is 6.07 Å². The number of unbranched alkanes of at least 4 members (excludes halogenated alkanes) is 7. The minimum absolute atomic E-state index is 0.157. The molecule has 0 saturated heterocycles. The Morgan fingerprint density at radius 1 is 0.800 bits per heavy atom. The molecule has 1 aromatic carbocycles. The standard InChI is InChI=1S/C35H52O5/c1-6-8-10-12-13-14-15-17-25-38-34-33(39-26-23-29(5)20-18-19-28(3)4)31-22-21-30(27-32(31)40-35(34)36)37-24-16-11-9-7-2/h9,11,19,21-23,27H,6-8,10,12-18,20,24-26H2,1-5H3/b11-9+,29-23+. The Bertz CT molecular complexity index is 1130. The van der Waals surface area contributed by atoms with E-state index in [2.05, 4.69) is 58.9 Å². The molecular formula is C35H52O5. The predicted octanol–water partition coefficient (Wildman–Crippen LogP) is 10.1. The van der Waals surface area contributed by atoms with E-state index >= 15 is 0 Å². The Kier molecular flexibility index (Phi) is 16.6. The zero-order valence-electron chi connectivity index (χ0n) is 25.7. The third-order valence-corrected chi connectivity index (χ3v) is 6.74. The molecule has 2 rings (SSSR count). The van der Waals surface area contributed by atoms with Crippen molar-refractivity contribution < 1.29 is 18.6 Å². The van der Waals surface area contributed by atoms with E-state index in [4.69, 9.17) is 18.6 Å². The molecule has 5 heteroatoms. The fraction of sp³-hybridized carbons (Fsp3) is 0.571. The molecule has 0 aliphatic rings. The highest BCUT2D eigenvalue weighted by atomic mass is 16.5. The normalized spacial score (nSPS) is 11.8. The van der Waals surface area contributed by atoms with Crippen LogP contribution in [0.1, 0.15) is 112 Å². The number of hydrogen-bond acceptors (Lipinski definition) is 5. The third-order valence-electron chi connectivity index (χ3n) is 6.74. The molecule has 0 radical (unpaired) electrons. The molecule has 222 valence electrons. The van der Waals surface area contributed by atoms with Crippen LogP contribution in [-0.4, -0.2) is 19.8 Å². The lowest BCUT2D eigenvalue weighted by atomic mass is 10.1. The average Bonchev–Trinajstić information content (AvgIpc) is 2.92. The fourth-order valence-electron chi connectivity index (χ4n) is 4.39. The summed E-state index contributed by atoms with van der Waals surface area (Å²) in [5.74, 6) is 1.26. The number of rotatable bonds is 21. The van der Waals surface area contributed by atoms with Gasteiger partial charge in [-0.25, -0.2) is 4.79 Å². The predicted molar refractivity (Wildman–Crippen MR) is 168 cm³/mol. The fourth-order valence-corrected chi connectivity index (χ4v) is 4.39. The monoisotopic (exact) mass is 552 g/mol. The van der Waals surface area contributed by atoms with Gasteiger partial charge in [-0.1, -0.05) is 88.2 Å². The summed E-state index contributed by atoms with van der Waals surface area (Å²) in [6, 6.07) is 5.54. The molecule has 0 aliphatic heterocycles. The molecule has 0 amide bonds. The first-order valence-electron chi connectivity index (χ1n) is 15.4. The molecule has 0 fully saturated rings. The van der Waals surface area contributed by atoms with Crippen molar-refractivity contribution in [2.45, 2.75) is 112 Å². The van der Waals surface area contributed by atoms with Crippen molar-refractivity contribution in [1.82, 2.24) is 0 Å². The molecule has 0 saturated carbocycles. The highest BCUT2D eigenvalue weighted by Gasteiger charge is 2.18. The molecule has 1 heterocycles. The lowest BCUT2D eigenvalue weighted by Crippen LogP contribution is -2.11. The Hall–Kier alpha value is -2.95. The van der Waals surface area contributed by atoms with Crippen molar-refractivity contribution in [3.8, 4) is 17.2 Å². The minimum atomic E-state index is -0.519. The lowest BCUT2D eigenvalue weighted by Gasteiger charge is -2.14. The molecule has 1 aromatic heterocycles. The Labute approximate surface area is 242 Å². The van der Waals surface area contributed by atoms with Gasteiger partial charge >= 0.3 is 5.63 Å². The van der Waals surface area contributed by atoms with Crippen LogP contribution >= 0.6 is 0 Å². The molecular weight excluding hydrogens is 500 g/mol. The van der Waals surface area contributed by atoms with E-state index in [-0.39, 0.29) is 5.75 Å². The van der Waals surface area contributed by atoms with Crippen LogP contribution < -0.4 is 19.8 Å². The van der Waals surface area contributed by atoms with E-state index in [9.17, 15) is 4.79 Å². The largest absolute Gasteiger partial charge is 0.493 e. The molecule has 0 unspecified atom stereocenters. The van der Waals surface area contributed by atoms with Crippen molar-refractivity contribution in [3.63, 3.8) is 0 Å². The first-order valence-corrected chi connectivity index (χ1v) is 15.4. The van der Waals surface area contributed by atoms with Crippen LogP contribution in [0.15, 0.2) is 62.9 Å². The number of benzene rings is 1. The number of fused-ring (bicyclic) bond motifs is 1. The number of allylic oxidation sites excluding steroid dienone is 4. The van der Waals surface area contributed by atoms with Crippen molar-refractivity contribution in [3.05, 3.63) is 64.1 Å². The van der Waals surface area contributed by atoms with Crippen molar-refractivity contribution in [1.29, 1.82) is 0 Å². The maximum atomic E-state index is 13.0. The van der Waals surface area contributed by atoms with Crippen LogP contribution in [0.5, 0.6) is 17.2 Å². The van der Waals surface area contributed by atoms with Gasteiger partial charge in [0.25, 0.3) is 0 Å². The van der Waals surface area contributed by atoms with Crippen molar-refractivity contribution in [2.75, 3.05) is 19.8 Å². The van der Waals surface area contributed by atoms with Gasteiger partial charge in [-0.2, -0.15) is 0 Å². The van der Waals surface area contributed by atoms with Gasteiger partial charge < -0.3 is 18.6 Å². The molecule has 0 aliphatic carbocycles. The lowest BCUT2D eigenvalue weighted by molar-refractivity contribution is 0.264. The molecule has 0 N–H and O–H groups in total. The highest BCUT2D eigenvalue weighted by molar-refractivity contribution is 5.86. The Morgan fingerprint density at radius 2 is 1.55 bits per heavy atom.